The molecule has 1 saturated heterocycles. The molecule has 0 aromatic heterocycles. The fraction of sp³-hybridized carbons (Fsp3) is 0.917. The predicted octanol–water partition coefficient (Wildman–Crippen LogP) is 2.31. The van der Waals surface area contributed by atoms with Crippen LogP contribution in [0, 0.1) is 5.92 Å². The summed E-state index contributed by atoms with van der Waals surface area (Å²) in [7, 11) is 0. The number of thioether (sulfide) groups is 1. The Bertz CT molecular complexity index is 223. The van der Waals surface area contributed by atoms with E-state index in [9.17, 15) is 4.79 Å². The minimum atomic E-state index is -0.617. The van der Waals surface area contributed by atoms with Crippen LogP contribution >= 0.6 is 11.8 Å². The summed E-state index contributed by atoms with van der Waals surface area (Å²) in [4.78, 5) is 13.3. The summed E-state index contributed by atoms with van der Waals surface area (Å²) in [6.45, 7) is 4.25. The molecule has 1 heterocycles. The molecule has 0 aromatic rings. The summed E-state index contributed by atoms with van der Waals surface area (Å²) in [6, 6.07) is 0.434. The zero-order valence-corrected chi connectivity index (χ0v) is 11.1. The second kappa shape index (κ2) is 7.17. The van der Waals surface area contributed by atoms with Crippen LogP contribution in [-0.2, 0) is 4.79 Å². The maximum atomic E-state index is 10.9. The number of hydrogen-bond donors (Lipinski definition) is 1. The predicted molar refractivity (Wildman–Crippen MR) is 69.0 cm³/mol. The lowest BCUT2D eigenvalue weighted by molar-refractivity contribution is -0.144. The third-order valence-corrected chi connectivity index (χ3v) is 4.10. The maximum absolute atomic E-state index is 10.9. The first-order valence-corrected chi connectivity index (χ1v) is 7.50. The number of aliphatic carboxylic acids is 1. The molecule has 1 rings (SSSR count). The van der Waals surface area contributed by atoms with Crippen LogP contribution in [0.1, 0.15) is 32.6 Å². The Kier molecular flexibility index (Phi) is 6.21. The number of hydrogen-bond acceptors (Lipinski definition) is 3. The van der Waals surface area contributed by atoms with E-state index < -0.39 is 5.97 Å². The number of rotatable bonds is 6. The van der Waals surface area contributed by atoms with Gasteiger partial charge in [-0.15, -0.1) is 0 Å². The first kappa shape index (κ1) is 13.8. The Balaban J connectivity index is 2.22. The zero-order chi connectivity index (χ0) is 12.0. The Morgan fingerprint density at radius 3 is 2.81 bits per heavy atom. The van der Waals surface area contributed by atoms with Crippen molar-refractivity contribution in [2.24, 2.45) is 5.92 Å². The molecular weight excluding hydrogens is 222 g/mol. The topological polar surface area (TPSA) is 40.5 Å². The van der Waals surface area contributed by atoms with E-state index in [0.717, 1.165) is 25.9 Å². The van der Waals surface area contributed by atoms with Crippen molar-refractivity contribution >= 4 is 17.7 Å². The van der Waals surface area contributed by atoms with Gasteiger partial charge in [0, 0.05) is 6.04 Å². The van der Waals surface area contributed by atoms with Gasteiger partial charge in [-0.3, -0.25) is 4.79 Å². The number of carboxylic acid groups (broad SMARTS) is 1. The van der Waals surface area contributed by atoms with Gasteiger partial charge in [-0.25, -0.2) is 0 Å². The SMILES string of the molecule is CSCCCCN1CCC(C(=O)O)CC1C. The second-order valence-electron chi connectivity index (χ2n) is 4.64. The van der Waals surface area contributed by atoms with Crippen LogP contribution in [0.3, 0.4) is 0 Å². The molecule has 1 aliphatic heterocycles. The van der Waals surface area contributed by atoms with Crippen molar-refractivity contribution < 1.29 is 9.90 Å². The first-order valence-electron chi connectivity index (χ1n) is 6.11. The normalized spacial score (nSPS) is 26.9. The Labute approximate surface area is 103 Å². The lowest BCUT2D eigenvalue weighted by Crippen LogP contribution is -2.43. The second-order valence-corrected chi connectivity index (χ2v) is 5.63. The number of carbonyl (C=O) groups is 1. The summed E-state index contributed by atoms with van der Waals surface area (Å²) >= 11 is 1.90. The standard InChI is InChI=1S/C12H23NO2S/c1-10-9-11(12(14)15)5-7-13(10)6-3-4-8-16-2/h10-11H,3-9H2,1-2H3,(H,14,15). The quantitative estimate of drug-likeness (QED) is 0.729. The summed E-state index contributed by atoms with van der Waals surface area (Å²) in [5, 5.41) is 8.97. The molecule has 1 N–H and O–H groups in total. The van der Waals surface area contributed by atoms with Gasteiger partial charge in [-0.2, -0.15) is 11.8 Å². The van der Waals surface area contributed by atoms with Crippen LogP contribution in [0.25, 0.3) is 0 Å². The van der Waals surface area contributed by atoms with E-state index in [1.54, 1.807) is 0 Å². The fourth-order valence-corrected chi connectivity index (χ4v) is 2.83. The van der Waals surface area contributed by atoms with Crippen LogP contribution in [0.2, 0.25) is 0 Å². The van der Waals surface area contributed by atoms with Crippen molar-refractivity contribution in [1.29, 1.82) is 0 Å². The summed E-state index contributed by atoms with van der Waals surface area (Å²) < 4.78 is 0. The lowest BCUT2D eigenvalue weighted by Gasteiger charge is -2.36. The van der Waals surface area contributed by atoms with Gasteiger partial charge in [-0.05, 0) is 57.7 Å². The molecular formula is C12H23NO2S. The van der Waals surface area contributed by atoms with E-state index in [0.29, 0.717) is 6.04 Å². The van der Waals surface area contributed by atoms with E-state index in [1.165, 1.54) is 18.6 Å². The monoisotopic (exact) mass is 245 g/mol. The van der Waals surface area contributed by atoms with Crippen molar-refractivity contribution in [1.82, 2.24) is 4.90 Å². The largest absolute Gasteiger partial charge is 0.481 e. The number of likely N-dealkylation sites (tertiary alicyclic amines) is 1. The van der Waals surface area contributed by atoms with Gasteiger partial charge in [0.15, 0.2) is 0 Å². The number of nitrogens with zero attached hydrogens (tertiary/aromatic N) is 1. The molecule has 1 fully saturated rings. The van der Waals surface area contributed by atoms with Crippen molar-refractivity contribution in [3.8, 4) is 0 Å². The molecule has 2 unspecified atom stereocenters. The van der Waals surface area contributed by atoms with Gasteiger partial charge in [0.25, 0.3) is 0 Å². The third kappa shape index (κ3) is 4.34. The number of carboxylic acids is 1. The molecule has 1 aliphatic rings. The van der Waals surface area contributed by atoms with Gasteiger partial charge in [0.1, 0.15) is 0 Å². The molecule has 16 heavy (non-hydrogen) atoms. The average Bonchev–Trinajstić information content (AvgIpc) is 2.26. The van der Waals surface area contributed by atoms with Crippen LogP contribution in [0.15, 0.2) is 0 Å². The molecule has 0 spiro atoms. The van der Waals surface area contributed by atoms with E-state index in [2.05, 4.69) is 18.1 Å². The summed E-state index contributed by atoms with van der Waals surface area (Å²) in [6.07, 6.45) is 6.29. The smallest absolute Gasteiger partial charge is 0.306 e. The van der Waals surface area contributed by atoms with Gasteiger partial charge in [-0.1, -0.05) is 0 Å². The molecule has 2 atom stereocenters. The molecule has 0 radical (unpaired) electrons. The van der Waals surface area contributed by atoms with Crippen LogP contribution in [0.5, 0.6) is 0 Å². The van der Waals surface area contributed by atoms with Crippen LogP contribution in [-0.4, -0.2) is 47.1 Å². The van der Waals surface area contributed by atoms with E-state index >= 15 is 0 Å². The number of piperidine rings is 1. The van der Waals surface area contributed by atoms with E-state index in [1.807, 2.05) is 11.8 Å². The van der Waals surface area contributed by atoms with E-state index in [4.69, 9.17) is 5.11 Å². The van der Waals surface area contributed by atoms with E-state index in [-0.39, 0.29) is 5.92 Å². The first-order chi connectivity index (χ1) is 7.65. The fourth-order valence-electron chi connectivity index (χ4n) is 2.34. The summed E-state index contributed by atoms with van der Waals surface area (Å²) in [5.74, 6) is 0.506. The minimum Gasteiger partial charge on any atom is -0.481 e. The van der Waals surface area contributed by atoms with Crippen molar-refractivity contribution in [2.45, 2.75) is 38.6 Å². The van der Waals surface area contributed by atoms with Gasteiger partial charge in [0.05, 0.1) is 5.92 Å². The molecule has 0 saturated carbocycles. The van der Waals surface area contributed by atoms with Crippen molar-refractivity contribution in [2.75, 3.05) is 25.1 Å². The number of unbranched alkanes of at least 4 members (excludes halogenated alkanes) is 1. The highest BCUT2D eigenvalue weighted by Gasteiger charge is 2.28. The lowest BCUT2D eigenvalue weighted by atomic mass is 9.91. The zero-order valence-electron chi connectivity index (χ0n) is 10.3. The Morgan fingerprint density at radius 1 is 1.50 bits per heavy atom. The molecule has 0 amide bonds. The third-order valence-electron chi connectivity index (χ3n) is 3.41. The van der Waals surface area contributed by atoms with Gasteiger partial charge >= 0.3 is 5.97 Å². The highest BCUT2D eigenvalue weighted by atomic mass is 32.2. The minimum absolute atomic E-state index is 0.113. The maximum Gasteiger partial charge on any atom is 0.306 e. The molecule has 0 aromatic carbocycles. The summed E-state index contributed by atoms with van der Waals surface area (Å²) in [5.41, 5.74) is 0. The van der Waals surface area contributed by atoms with Crippen LogP contribution in [0.4, 0.5) is 0 Å². The Morgan fingerprint density at radius 2 is 2.25 bits per heavy atom. The van der Waals surface area contributed by atoms with Crippen molar-refractivity contribution in [3.63, 3.8) is 0 Å². The van der Waals surface area contributed by atoms with Gasteiger partial charge in [0.2, 0.25) is 0 Å². The average molecular weight is 245 g/mol. The molecule has 0 bridgehead atoms. The molecule has 4 heteroatoms. The van der Waals surface area contributed by atoms with Crippen LogP contribution < -0.4 is 0 Å². The van der Waals surface area contributed by atoms with Crippen molar-refractivity contribution in [3.05, 3.63) is 0 Å². The molecule has 0 aliphatic carbocycles. The molecule has 3 nitrogen and oxygen atoms in total. The van der Waals surface area contributed by atoms with Gasteiger partial charge < -0.3 is 10.0 Å². The molecule has 94 valence electrons. The highest BCUT2D eigenvalue weighted by molar-refractivity contribution is 7.98. The Hall–Kier alpha value is -0.220. The highest BCUT2D eigenvalue weighted by Crippen LogP contribution is 2.23.